The highest BCUT2D eigenvalue weighted by molar-refractivity contribution is 6.16. The van der Waals surface area contributed by atoms with Crippen molar-refractivity contribution in [3.8, 4) is 0 Å². The highest BCUT2D eigenvalue weighted by Crippen LogP contribution is 2.25. The molecule has 0 aliphatic heterocycles. The van der Waals surface area contributed by atoms with Crippen LogP contribution in [0, 0.1) is 0 Å². The number of carbonyl (C=O) groups is 2. The lowest BCUT2D eigenvalue weighted by Crippen LogP contribution is -2.19. The minimum Gasteiger partial charge on any atom is -0.398 e. The first-order valence-corrected chi connectivity index (χ1v) is 6.37. The molecule has 4 nitrogen and oxygen atoms in total. The molecule has 0 heterocycles. The standard InChI is InChI=1S/C16H16N2O2/c1-2-11-13(17)9-8-12(16(18)20)14(11)15(19)10-6-4-3-5-7-10/h3-9H,2,17H2,1H3,(H2,18,20). The van der Waals surface area contributed by atoms with Crippen molar-refractivity contribution in [2.45, 2.75) is 13.3 Å². The maximum absolute atomic E-state index is 12.6. The predicted octanol–water partition coefficient (Wildman–Crippen LogP) is 2.16. The molecule has 1 amide bonds. The molecule has 4 heteroatoms. The number of nitrogens with two attached hydrogens (primary N) is 2. The Bertz CT molecular complexity index is 664. The average molecular weight is 268 g/mol. The molecule has 0 spiro atoms. The lowest BCUT2D eigenvalue weighted by molar-refractivity contribution is 0.0980. The maximum atomic E-state index is 12.6. The quantitative estimate of drug-likeness (QED) is 0.658. The van der Waals surface area contributed by atoms with E-state index in [1.54, 1.807) is 30.3 Å². The van der Waals surface area contributed by atoms with Crippen LogP contribution in [0.5, 0.6) is 0 Å². The van der Waals surface area contributed by atoms with Crippen LogP contribution in [0.3, 0.4) is 0 Å². The smallest absolute Gasteiger partial charge is 0.249 e. The third-order valence-electron chi connectivity index (χ3n) is 3.23. The normalized spacial score (nSPS) is 10.2. The van der Waals surface area contributed by atoms with Crippen molar-refractivity contribution < 1.29 is 9.59 Å². The van der Waals surface area contributed by atoms with Gasteiger partial charge in [0.25, 0.3) is 0 Å². The van der Waals surface area contributed by atoms with Crippen LogP contribution in [0.15, 0.2) is 42.5 Å². The molecule has 0 unspecified atom stereocenters. The molecule has 2 rings (SSSR count). The van der Waals surface area contributed by atoms with Gasteiger partial charge >= 0.3 is 0 Å². The van der Waals surface area contributed by atoms with Crippen molar-refractivity contribution in [3.05, 3.63) is 64.7 Å². The van der Waals surface area contributed by atoms with Crippen LogP contribution >= 0.6 is 0 Å². The van der Waals surface area contributed by atoms with E-state index >= 15 is 0 Å². The van der Waals surface area contributed by atoms with E-state index in [9.17, 15) is 9.59 Å². The predicted molar refractivity (Wildman–Crippen MR) is 78.6 cm³/mol. The summed E-state index contributed by atoms with van der Waals surface area (Å²) in [5, 5.41) is 0. The fourth-order valence-corrected chi connectivity index (χ4v) is 2.24. The van der Waals surface area contributed by atoms with Crippen molar-refractivity contribution in [1.82, 2.24) is 0 Å². The topological polar surface area (TPSA) is 86.2 Å². The largest absolute Gasteiger partial charge is 0.398 e. The van der Waals surface area contributed by atoms with Crippen molar-refractivity contribution in [2.75, 3.05) is 5.73 Å². The number of anilines is 1. The molecule has 0 aliphatic rings. The van der Waals surface area contributed by atoms with Gasteiger partial charge in [0.15, 0.2) is 5.78 Å². The van der Waals surface area contributed by atoms with E-state index in [-0.39, 0.29) is 11.3 Å². The molecule has 0 bridgehead atoms. The molecule has 0 aromatic heterocycles. The Morgan fingerprint density at radius 1 is 1.05 bits per heavy atom. The second-order valence-electron chi connectivity index (χ2n) is 4.47. The summed E-state index contributed by atoms with van der Waals surface area (Å²) in [5.41, 5.74) is 13.5. The molecule has 0 radical (unpaired) electrons. The zero-order valence-corrected chi connectivity index (χ0v) is 11.2. The van der Waals surface area contributed by atoms with Crippen LogP contribution in [0.2, 0.25) is 0 Å². The van der Waals surface area contributed by atoms with Crippen LogP contribution in [0.4, 0.5) is 5.69 Å². The van der Waals surface area contributed by atoms with Crippen molar-refractivity contribution in [2.24, 2.45) is 5.73 Å². The van der Waals surface area contributed by atoms with Crippen LogP contribution < -0.4 is 11.5 Å². The van der Waals surface area contributed by atoms with Gasteiger partial charge < -0.3 is 11.5 Å². The second kappa shape index (κ2) is 5.57. The molecular weight excluding hydrogens is 252 g/mol. The van der Waals surface area contributed by atoms with Gasteiger partial charge in [0.2, 0.25) is 5.91 Å². The molecular formula is C16H16N2O2. The van der Waals surface area contributed by atoms with Crippen molar-refractivity contribution in [1.29, 1.82) is 0 Å². The van der Waals surface area contributed by atoms with Gasteiger partial charge in [-0.05, 0) is 24.1 Å². The van der Waals surface area contributed by atoms with E-state index in [1.807, 2.05) is 13.0 Å². The van der Waals surface area contributed by atoms with Gasteiger partial charge in [-0.25, -0.2) is 0 Å². The number of rotatable bonds is 4. The van der Waals surface area contributed by atoms with Gasteiger partial charge in [0, 0.05) is 16.8 Å². The SMILES string of the molecule is CCc1c(N)ccc(C(N)=O)c1C(=O)c1ccccc1. The van der Waals surface area contributed by atoms with Gasteiger partial charge in [0.05, 0.1) is 5.56 Å². The molecule has 20 heavy (non-hydrogen) atoms. The average Bonchev–Trinajstić information content (AvgIpc) is 2.46. The molecule has 102 valence electrons. The zero-order valence-electron chi connectivity index (χ0n) is 11.2. The second-order valence-corrected chi connectivity index (χ2v) is 4.47. The molecule has 2 aromatic carbocycles. The first-order chi connectivity index (χ1) is 9.56. The molecule has 0 atom stereocenters. The fraction of sp³-hybridized carbons (Fsp3) is 0.125. The Morgan fingerprint density at radius 3 is 2.25 bits per heavy atom. The van der Waals surface area contributed by atoms with Crippen molar-refractivity contribution in [3.63, 3.8) is 0 Å². The lowest BCUT2D eigenvalue weighted by Gasteiger charge is -2.13. The van der Waals surface area contributed by atoms with E-state index < -0.39 is 5.91 Å². The molecule has 0 aliphatic carbocycles. The molecule has 2 aromatic rings. The minimum absolute atomic E-state index is 0.213. The molecule has 0 saturated heterocycles. The van der Waals surface area contributed by atoms with E-state index in [1.165, 1.54) is 6.07 Å². The molecule has 0 saturated carbocycles. The number of ketones is 1. The molecule has 0 fully saturated rings. The Morgan fingerprint density at radius 2 is 1.70 bits per heavy atom. The van der Waals surface area contributed by atoms with E-state index in [0.29, 0.717) is 28.8 Å². The summed E-state index contributed by atoms with van der Waals surface area (Å²) in [7, 11) is 0. The van der Waals surface area contributed by atoms with Crippen LogP contribution in [-0.4, -0.2) is 11.7 Å². The van der Waals surface area contributed by atoms with E-state index in [4.69, 9.17) is 11.5 Å². The maximum Gasteiger partial charge on any atom is 0.249 e. The summed E-state index contributed by atoms with van der Waals surface area (Å²) in [5.74, 6) is -0.859. The first-order valence-electron chi connectivity index (χ1n) is 6.37. The van der Waals surface area contributed by atoms with Crippen LogP contribution in [0.1, 0.15) is 38.8 Å². The Labute approximate surface area is 117 Å². The zero-order chi connectivity index (χ0) is 14.7. The Balaban J connectivity index is 2.68. The van der Waals surface area contributed by atoms with E-state index in [0.717, 1.165) is 0 Å². The third kappa shape index (κ3) is 2.40. The van der Waals surface area contributed by atoms with Gasteiger partial charge in [-0.2, -0.15) is 0 Å². The number of benzene rings is 2. The highest BCUT2D eigenvalue weighted by atomic mass is 16.1. The lowest BCUT2D eigenvalue weighted by atomic mass is 9.91. The summed E-state index contributed by atoms with van der Waals surface area (Å²) in [6, 6.07) is 11.9. The summed E-state index contributed by atoms with van der Waals surface area (Å²) in [6.07, 6.45) is 0.556. The van der Waals surface area contributed by atoms with Gasteiger partial charge in [0.1, 0.15) is 0 Å². The van der Waals surface area contributed by atoms with Crippen molar-refractivity contribution >= 4 is 17.4 Å². The van der Waals surface area contributed by atoms with Gasteiger partial charge in [-0.1, -0.05) is 37.3 Å². The summed E-state index contributed by atoms with van der Waals surface area (Å²) < 4.78 is 0. The summed E-state index contributed by atoms with van der Waals surface area (Å²) >= 11 is 0. The third-order valence-corrected chi connectivity index (χ3v) is 3.23. The first kappa shape index (κ1) is 13.8. The van der Waals surface area contributed by atoms with Crippen LogP contribution in [-0.2, 0) is 6.42 Å². The summed E-state index contributed by atoms with van der Waals surface area (Å²) in [4.78, 5) is 24.2. The summed E-state index contributed by atoms with van der Waals surface area (Å²) in [6.45, 7) is 1.89. The number of carbonyl (C=O) groups excluding carboxylic acids is 2. The fourth-order valence-electron chi connectivity index (χ4n) is 2.24. The Hall–Kier alpha value is -2.62. The monoisotopic (exact) mass is 268 g/mol. The van der Waals surface area contributed by atoms with Crippen LogP contribution in [0.25, 0.3) is 0 Å². The van der Waals surface area contributed by atoms with E-state index in [2.05, 4.69) is 0 Å². The number of nitrogen functional groups attached to an aromatic ring is 1. The number of amides is 1. The van der Waals surface area contributed by atoms with Gasteiger partial charge in [-0.15, -0.1) is 0 Å². The Kier molecular flexibility index (Phi) is 3.84. The highest BCUT2D eigenvalue weighted by Gasteiger charge is 2.21. The number of primary amides is 1. The number of hydrogen-bond donors (Lipinski definition) is 2. The van der Waals surface area contributed by atoms with Gasteiger partial charge in [-0.3, -0.25) is 9.59 Å². The minimum atomic E-state index is -0.626. The molecule has 4 N–H and O–H groups in total. The number of hydrogen-bond acceptors (Lipinski definition) is 3.